The first kappa shape index (κ1) is 15.9. The fourth-order valence-electron chi connectivity index (χ4n) is 2.80. The van der Waals surface area contributed by atoms with E-state index in [2.05, 4.69) is 0 Å². The molecule has 118 valence electrons. The second-order valence-corrected chi connectivity index (χ2v) is 5.65. The van der Waals surface area contributed by atoms with Crippen molar-refractivity contribution in [3.63, 3.8) is 0 Å². The number of hydrogen-bond donors (Lipinski definition) is 1. The number of carboxylic acids is 1. The first-order valence-corrected chi connectivity index (χ1v) is 7.12. The van der Waals surface area contributed by atoms with Crippen LogP contribution in [0, 0.1) is 10.1 Å². The number of carbonyl (C=O) groups is 2. The molecule has 1 fully saturated rings. The van der Waals surface area contributed by atoms with E-state index in [1.165, 1.54) is 17.0 Å². The molecule has 0 bridgehead atoms. The van der Waals surface area contributed by atoms with Crippen molar-refractivity contribution in [1.29, 1.82) is 0 Å². The molecule has 0 spiro atoms. The van der Waals surface area contributed by atoms with Gasteiger partial charge in [-0.1, -0.05) is 12.1 Å². The molecule has 0 radical (unpaired) electrons. The van der Waals surface area contributed by atoms with Crippen LogP contribution < -0.4 is 0 Å². The number of nitrogens with zero attached hydrogens (tertiary/aromatic N) is 2. The zero-order valence-corrected chi connectivity index (χ0v) is 12.3. The molecule has 1 amide bonds. The zero-order chi connectivity index (χ0) is 16.3. The number of nitro benzene ring substituents is 1. The highest BCUT2D eigenvalue weighted by Crippen LogP contribution is 2.30. The maximum absolute atomic E-state index is 12.3. The third-order valence-electron chi connectivity index (χ3n) is 4.15. The molecule has 1 aromatic carbocycles. The van der Waals surface area contributed by atoms with E-state index in [4.69, 9.17) is 0 Å². The number of benzene rings is 1. The molecule has 1 saturated heterocycles. The molecule has 1 aliphatic heterocycles. The van der Waals surface area contributed by atoms with Crippen molar-refractivity contribution in [2.75, 3.05) is 6.54 Å². The summed E-state index contributed by atoms with van der Waals surface area (Å²) in [5, 5.41) is 20.0. The molecule has 22 heavy (non-hydrogen) atoms. The van der Waals surface area contributed by atoms with Crippen LogP contribution in [0.4, 0.5) is 5.69 Å². The van der Waals surface area contributed by atoms with Gasteiger partial charge in [0.1, 0.15) is 5.54 Å². The molecular formula is C15H18N2O5. The Morgan fingerprint density at radius 2 is 2.18 bits per heavy atom. The number of carboxylic acid groups (broad SMARTS) is 1. The summed E-state index contributed by atoms with van der Waals surface area (Å²) in [6, 6.07) is 6.14. The summed E-state index contributed by atoms with van der Waals surface area (Å²) in [6.45, 7) is 2.00. The maximum Gasteiger partial charge on any atom is 0.329 e. The van der Waals surface area contributed by atoms with Crippen LogP contribution in [0.25, 0.3) is 0 Å². The Morgan fingerprint density at radius 1 is 1.45 bits per heavy atom. The highest BCUT2D eigenvalue weighted by molar-refractivity contribution is 5.87. The largest absolute Gasteiger partial charge is 0.480 e. The van der Waals surface area contributed by atoms with Gasteiger partial charge in [0, 0.05) is 25.1 Å². The van der Waals surface area contributed by atoms with Crippen LogP contribution in [0.5, 0.6) is 0 Å². The molecule has 1 aliphatic rings. The summed E-state index contributed by atoms with van der Waals surface area (Å²) in [4.78, 5) is 35.3. The lowest BCUT2D eigenvalue weighted by Gasteiger charge is -2.31. The number of aliphatic carboxylic acids is 1. The lowest BCUT2D eigenvalue weighted by molar-refractivity contribution is -0.384. The van der Waals surface area contributed by atoms with Crippen molar-refractivity contribution in [3.8, 4) is 0 Å². The minimum absolute atomic E-state index is 0.0125. The molecule has 1 N–H and O–H groups in total. The third kappa shape index (κ3) is 3.08. The topological polar surface area (TPSA) is 101 Å². The number of nitro groups is 1. The second kappa shape index (κ2) is 6.13. The normalized spacial score (nSPS) is 20.9. The van der Waals surface area contributed by atoms with Gasteiger partial charge in [0.25, 0.3) is 5.69 Å². The first-order chi connectivity index (χ1) is 10.3. The van der Waals surface area contributed by atoms with Gasteiger partial charge in [-0.3, -0.25) is 14.9 Å². The Balaban J connectivity index is 2.02. The Bertz CT molecular complexity index is 616. The highest BCUT2D eigenvalue weighted by atomic mass is 16.6. The van der Waals surface area contributed by atoms with Gasteiger partial charge in [-0.15, -0.1) is 0 Å². The maximum atomic E-state index is 12.3. The molecular weight excluding hydrogens is 288 g/mol. The van der Waals surface area contributed by atoms with Crippen LogP contribution in [0.15, 0.2) is 24.3 Å². The van der Waals surface area contributed by atoms with E-state index in [0.29, 0.717) is 31.4 Å². The van der Waals surface area contributed by atoms with E-state index < -0.39 is 16.4 Å². The Hall–Kier alpha value is -2.44. The lowest BCUT2D eigenvalue weighted by Crippen LogP contribution is -2.50. The Morgan fingerprint density at radius 3 is 2.82 bits per heavy atom. The average molecular weight is 306 g/mol. The van der Waals surface area contributed by atoms with Crippen molar-refractivity contribution < 1.29 is 19.6 Å². The smallest absolute Gasteiger partial charge is 0.329 e. The van der Waals surface area contributed by atoms with Crippen LogP contribution in [0.3, 0.4) is 0 Å². The van der Waals surface area contributed by atoms with Crippen LogP contribution in [-0.4, -0.2) is 38.9 Å². The predicted molar refractivity (Wildman–Crippen MR) is 78.4 cm³/mol. The molecule has 7 nitrogen and oxygen atoms in total. The zero-order valence-electron chi connectivity index (χ0n) is 12.3. The molecule has 0 aromatic heterocycles. The van der Waals surface area contributed by atoms with Gasteiger partial charge in [0.15, 0.2) is 0 Å². The number of aryl methyl sites for hydroxylation is 1. The highest BCUT2D eigenvalue weighted by Gasteiger charge is 2.45. The third-order valence-corrected chi connectivity index (χ3v) is 4.15. The first-order valence-electron chi connectivity index (χ1n) is 7.12. The van der Waals surface area contributed by atoms with Gasteiger partial charge in [0.05, 0.1) is 4.92 Å². The van der Waals surface area contributed by atoms with Crippen LogP contribution >= 0.6 is 0 Å². The summed E-state index contributed by atoms with van der Waals surface area (Å²) in [5.41, 5.74) is -0.458. The van der Waals surface area contributed by atoms with Gasteiger partial charge < -0.3 is 10.0 Å². The van der Waals surface area contributed by atoms with Crippen molar-refractivity contribution >= 4 is 17.6 Å². The van der Waals surface area contributed by atoms with Gasteiger partial charge in [-0.25, -0.2) is 4.79 Å². The number of rotatable bonds is 5. The van der Waals surface area contributed by atoms with E-state index in [0.717, 1.165) is 0 Å². The van der Waals surface area contributed by atoms with E-state index in [9.17, 15) is 24.8 Å². The number of non-ortho nitro benzene ring substituents is 1. The monoisotopic (exact) mass is 306 g/mol. The molecule has 1 heterocycles. The molecule has 1 atom stereocenters. The number of hydrogen-bond acceptors (Lipinski definition) is 4. The second-order valence-electron chi connectivity index (χ2n) is 5.65. The van der Waals surface area contributed by atoms with Crippen molar-refractivity contribution in [2.45, 2.75) is 38.1 Å². The summed E-state index contributed by atoms with van der Waals surface area (Å²) < 4.78 is 0. The van der Waals surface area contributed by atoms with Gasteiger partial charge in [0.2, 0.25) is 5.91 Å². The quantitative estimate of drug-likeness (QED) is 0.662. The van der Waals surface area contributed by atoms with Gasteiger partial charge >= 0.3 is 5.97 Å². The van der Waals surface area contributed by atoms with E-state index in [-0.39, 0.29) is 18.0 Å². The van der Waals surface area contributed by atoms with E-state index in [1.807, 2.05) is 0 Å². The Labute approximate surface area is 127 Å². The summed E-state index contributed by atoms with van der Waals surface area (Å²) in [5.74, 6) is -1.22. The van der Waals surface area contributed by atoms with Crippen LogP contribution in [0.1, 0.15) is 31.7 Å². The summed E-state index contributed by atoms with van der Waals surface area (Å²) in [7, 11) is 0. The van der Waals surface area contributed by atoms with Gasteiger partial charge in [-0.05, 0) is 31.7 Å². The number of amides is 1. The number of likely N-dealkylation sites (tertiary alicyclic amines) is 1. The molecule has 7 heteroatoms. The molecule has 1 unspecified atom stereocenters. The Kier molecular flexibility index (Phi) is 4.44. The van der Waals surface area contributed by atoms with Crippen LogP contribution in [-0.2, 0) is 16.0 Å². The predicted octanol–water partition coefficient (Wildman–Crippen LogP) is 1.99. The standard InChI is InChI=1S/C15H18N2O5/c1-15(14(19)20)8-3-9-16(15)13(18)7-6-11-4-2-5-12(10-11)17(21)22/h2,4-5,10H,3,6-9H2,1H3,(H,19,20). The lowest BCUT2D eigenvalue weighted by atomic mass is 9.98. The summed E-state index contributed by atoms with van der Waals surface area (Å²) >= 11 is 0. The fourth-order valence-corrected chi connectivity index (χ4v) is 2.80. The van der Waals surface area contributed by atoms with Gasteiger partial charge in [-0.2, -0.15) is 0 Å². The van der Waals surface area contributed by atoms with E-state index >= 15 is 0 Å². The minimum Gasteiger partial charge on any atom is -0.480 e. The fraction of sp³-hybridized carbons (Fsp3) is 0.467. The van der Waals surface area contributed by atoms with Crippen LogP contribution in [0.2, 0.25) is 0 Å². The molecule has 2 rings (SSSR count). The van der Waals surface area contributed by atoms with Crippen molar-refractivity contribution in [3.05, 3.63) is 39.9 Å². The minimum atomic E-state index is -1.14. The molecule has 0 saturated carbocycles. The van der Waals surface area contributed by atoms with E-state index in [1.54, 1.807) is 19.1 Å². The number of carbonyl (C=O) groups excluding carboxylic acids is 1. The van der Waals surface area contributed by atoms with Crippen molar-refractivity contribution in [1.82, 2.24) is 4.90 Å². The molecule has 0 aliphatic carbocycles. The van der Waals surface area contributed by atoms with Crippen molar-refractivity contribution in [2.24, 2.45) is 0 Å². The molecule has 1 aromatic rings. The SMILES string of the molecule is CC1(C(=O)O)CCCN1C(=O)CCc1cccc([N+](=O)[O-])c1. The summed E-state index contributed by atoms with van der Waals surface area (Å²) in [6.07, 6.45) is 1.62. The average Bonchev–Trinajstić information content (AvgIpc) is 2.88.